The number of hydrogen-bond donors (Lipinski definition) is 0. The quantitative estimate of drug-likeness (QED) is 0.368. The predicted octanol–water partition coefficient (Wildman–Crippen LogP) is 7.02. The van der Waals surface area contributed by atoms with E-state index < -0.39 is 0 Å². The molecule has 0 fully saturated rings. The number of hydrogen-bond acceptors (Lipinski definition) is 3. The Hall–Kier alpha value is -3.46. The number of azo groups is 1. The third-order valence-corrected chi connectivity index (χ3v) is 4.38. The zero-order chi connectivity index (χ0) is 17.8. The zero-order valence-electron chi connectivity index (χ0n) is 14.6. The molecular weight excluding hydrogens is 318 g/mol. The molecule has 0 N–H and O–H groups in total. The minimum Gasteiger partial charge on any atom is -0.343 e. The molecule has 0 bridgehead atoms. The molecule has 4 rings (SSSR count). The molecule has 0 aliphatic carbocycles. The summed E-state index contributed by atoms with van der Waals surface area (Å²) >= 11 is 0. The molecule has 0 radical (unpaired) electrons. The van der Waals surface area contributed by atoms with Crippen LogP contribution in [-0.4, -0.2) is 7.05 Å². The number of fused-ring (bicyclic) bond motifs is 1. The maximum absolute atomic E-state index is 4.56. The Bertz CT molecular complexity index is 1040. The standard InChI is InChI=1S/C23H19N3/c1-26(21-14-6-3-7-15-21)23-17-19-11-9-8-10-18(19)16-22(23)25-24-20-12-4-2-5-13-20/h2-17H,1H3. The zero-order valence-corrected chi connectivity index (χ0v) is 14.6. The van der Waals surface area contributed by atoms with Crippen molar-refractivity contribution in [2.75, 3.05) is 11.9 Å². The molecule has 26 heavy (non-hydrogen) atoms. The van der Waals surface area contributed by atoms with Crippen LogP contribution >= 0.6 is 0 Å². The van der Waals surface area contributed by atoms with Crippen molar-refractivity contribution < 1.29 is 0 Å². The number of para-hydroxylation sites is 1. The van der Waals surface area contributed by atoms with Gasteiger partial charge in [0.25, 0.3) is 0 Å². The molecule has 0 heterocycles. The van der Waals surface area contributed by atoms with Crippen molar-refractivity contribution in [1.29, 1.82) is 0 Å². The van der Waals surface area contributed by atoms with E-state index in [1.807, 2.05) is 54.6 Å². The Labute approximate surface area is 153 Å². The van der Waals surface area contributed by atoms with Gasteiger partial charge in [0, 0.05) is 12.7 Å². The smallest absolute Gasteiger partial charge is 0.110 e. The summed E-state index contributed by atoms with van der Waals surface area (Å²) in [5.74, 6) is 0. The Balaban J connectivity index is 1.82. The molecule has 0 aliphatic rings. The average molecular weight is 337 g/mol. The molecule has 0 aromatic heterocycles. The van der Waals surface area contributed by atoms with Crippen LogP contribution in [0.15, 0.2) is 107 Å². The van der Waals surface area contributed by atoms with Crippen molar-refractivity contribution in [3.8, 4) is 0 Å². The fourth-order valence-electron chi connectivity index (χ4n) is 2.96. The van der Waals surface area contributed by atoms with Gasteiger partial charge in [-0.05, 0) is 47.2 Å². The van der Waals surface area contributed by atoms with Crippen LogP contribution in [0, 0.1) is 0 Å². The lowest BCUT2D eigenvalue weighted by atomic mass is 10.1. The van der Waals surface area contributed by atoms with E-state index >= 15 is 0 Å². The van der Waals surface area contributed by atoms with E-state index in [-0.39, 0.29) is 0 Å². The van der Waals surface area contributed by atoms with Gasteiger partial charge in [-0.25, -0.2) is 0 Å². The molecule has 0 aliphatic heterocycles. The first-order valence-corrected chi connectivity index (χ1v) is 8.60. The van der Waals surface area contributed by atoms with E-state index in [1.165, 1.54) is 5.39 Å². The van der Waals surface area contributed by atoms with Gasteiger partial charge in [-0.3, -0.25) is 0 Å². The summed E-state index contributed by atoms with van der Waals surface area (Å²) < 4.78 is 0. The number of rotatable bonds is 4. The summed E-state index contributed by atoms with van der Waals surface area (Å²) in [6.45, 7) is 0. The van der Waals surface area contributed by atoms with Crippen LogP contribution < -0.4 is 4.90 Å². The normalized spacial score (nSPS) is 11.1. The summed E-state index contributed by atoms with van der Waals surface area (Å²) in [5.41, 5.74) is 3.82. The fraction of sp³-hybridized carbons (Fsp3) is 0.0435. The van der Waals surface area contributed by atoms with Crippen molar-refractivity contribution in [2.45, 2.75) is 0 Å². The SMILES string of the molecule is CN(c1ccccc1)c1cc2ccccc2cc1N=Nc1ccccc1. The van der Waals surface area contributed by atoms with Gasteiger partial charge in [-0.1, -0.05) is 60.7 Å². The number of nitrogens with zero attached hydrogens (tertiary/aromatic N) is 3. The summed E-state index contributed by atoms with van der Waals surface area (Å²) in [6, 6.07) is 32.7. The third-order valence-electron chi connectivity index (χ3n) is 4.38. The molecule has 0 unspecified atom stereocenters. The van der Waals surface area contributed by atoms with Gasteiger partial charge in [-0.15, -0.1) is 5.11 Å². The molecule has 0 spiro atoms. The highest BCUT2D eigenvalue weighted by Gasteiger charge is 2.11. The molecule has 4 aromatic carbocycles. The highest BCUT2D eigenvalue weighted by molar-refractivity contribution is 5.92. The number of anilines is 2. The Kier molecular flexibility index (Phi) is 4.44. The van der Waals surface area contributed by atoms with E-state index in [1.54, 1.807) is 0 Å². The van der Waals surface area contributed by atoms with Gasteiger partial charge in [-0.2, -0.15) is 5.11 Å². The largest absolute Gasteiger partial charge is 0.343 e. The first-order chi connectivity index (χ1) is 12.8. The van der Waals surface area contributed by atoms with E-state index in [9.17, 15) is 0 Å². The lowest BCUT2D eigenvalue weighted by molar-refractivity contribution is 1.17. The van der Waals surface area contributed by atoms with Gasteiger partial charge >= 0.3 is 0 Å². The third kappa shape index (κ3) is 3.33. The fourth-order valence-corrected chi connectivity index (χ4v) is 2.96. The van der Waals surface area contributed by atoms with Crippen molar-refractivity contribution >= 4 is 33.5 Å². The van der Waals surface area contributed by atoms with Crippen molar-refractivity contribution in [3.63, 3.8) is 0 Å². The molecule has 0 saturated heterocycles. The van der Waals surface area contributed by atoms with Crippen molar-refractivity contribution in [2.24, 2.45) is 10.2 Å². The Morgan fingerprint density at radius 2 is 1.19 bits per heavy atom. The molecule has 126 valence electrons. The van der Waals surface area contributed by atoms with Crippen LogP contribution in [0.25, 0.3) is 10.8 Å². The molecule has 0 saturated carbocycles. The van der Waals surface area contributed by atoms with Crippen LogP contribution in [0.1, 0.15) is 0 Å². The van der Waals surface area contributed by atoms with E-state index in [4.69, 9.17) is 0 Å². The predicted molar refractivity (Wildman–Crippen MR) is 109 cm³/mol. The van der Waals surface area contributed by atoms with Crippen LogP contribution in [-0.2, 0) is 0 Å². The average Bonchev–Trinajstić information content (AvgIpc) is 2.72. The lowest BCUT2D eigenvalue weighted by Crippen LogP contribution is -2.09. The van der Waals surface area contributed by atoms with Crippen molar-refractivity contribution in [3.05, 3.63) is 97.1 Å². The van der Waals surface area contributed by atoms with E-state index in [0.29, 0.717) is 0 Å². The van der Waals surface area contributed by atoms with Crippen LogP contribution in [0.4, 0.5) is 22.7 Å². The second-order valence-electron chi connectivity index (χ2n) is 6.12. The van der Waals surface area contributed by atoms with Gasteiger partial charge in [0.05, 0.1) is 11.4 Å². The summed E-state index contributed by atoms with van der Waals surface area (Å²) in [7, 11) is 2.06. The Morgan fingerprint density at radius 1 is 0.615 bits per heavy atom. The monoisotopic (exact) mass is 337 g/mol. The van der Waals surface area contributed by atoms with Crippen molar-refractivity contribution in [1.82, 2.24) is 0 Å². The number of benzene rings is 4. The second kappa shape index (κ2) is 7.19. The summed E-state index contributed by atoms with van der Waals surface area (Å²) in [5, 5.41) is 11.3. The van der Waals surface area contributed by atoms with Gasteiger partial charge < -0.3 is 4.90 Å². The first kappa shape index (κ1) is 16.0. The van der Waals surface area contributed by atoms with Gasteiger partial charge in [0.15, 0.2) is 0 Å². The minimum absolute atomic E-state index is 0.842. The Morgan fingerprint density at radius 3 is 1.88 bits per heavy atom. The highest BCUT2D eigenvalue weighted by atomic mass is 15.2. The maximum atomic E-state index is 4.56. The first-order valence-electron chi connectivity index (χ1n) is 8.60. The minimum atomic E-state index is 0.842. The van der Waals surface area contributed by atoms with Crippen LogP contribution in [0.2, 0.25) is 0 Å². The van der Waals surface area contributed by atoms with Crippen LogP contribution in [0.5, 0.6) is 0 Å². The summed E-state index contributed by atoms with van der Waals surface area (Å²) in [4.78, 5) is 2.14. The van der Waals surface area contributed by atoms with E-state index in [0.717, 1.165) is 28.1 Å². The molecule has 3 nitrogen and oxygen atoms in total. The van der Waals surface area contributed by atoms with Crippen LogP contribution in [0.3, 0.4) is 0 Å². The molecule has 0 atom stereocenters. The summed E-state index contributed by atoms with van der Waals surface area (Å²) in [6.07, 6.45) is 0. The molecule has 3 heteroatoms. The topological polar surface area (TPSA) is 28.0 Å². The van der Waals surface area contributed by atoms with Gasteiger partial charge in [0.2, 0.25) is 0 Å². The highest BCUT2D eigenvalue weighted by Crippen LogP contribution is 2.37. The molecule has 4 aromatic rings. The molecular formula is C23H19N3. The van der Waals surface area contributed by atoms with E-state index in [2.05, 4.69) is 64.6 Å². The van der Waals surface area contributed by atoms with Gasteiger partial charge in [0.1, 0.15) is 5.69 Å². The lowest BCUT2D eigenvalue weighted by Gasteiger charge is -2.21. The second-order valence-corrected chi connectivity index (χ2v) is 6.12. The maximum Gasteiger partial charge on any atom is 0.110 e. The molecule has 0 amide bonds.